The highest BCUT2D eigenvalue weighted by molar-refractivity contribution is 9.11. The molecule has 2 aromatic rings. The summed E-state index contributed by atoms with van der Waals surface area (Å²) in [7, 11) is 1.60. The molecule has 0 aliphatic rings. The predicted molar refractivity (Wildman–Crippen MR) is 77.1 cm³/mol. The second-order valence-electron chi connectivity index (χ2n) is 3.42. The van der Waals surface area contributed by atoms with Crippen molar-refractivity contribution >= 4 is 37.7 Å². The zero-order valence-electron chi connectivity index (χ0n) is 9.48. The van der Waals surface area contributed by atoms with E-state index in [0.717, 1.165) is 14.7 Å². The van der Waals surface area contributed by atoms with E-state index in [2.05, 4.69) is 36.8 Å². The van der Waals surface area contributed by atoms with Crippen molar-refractivity contribution in [2.75, 3.05) is 12.8 Å². The molecule has 2 rings (SSSR count). The fourth-order valence-corrected chi connectivity index (χ4v) is 2.23. The largest absolute Gasteiger partial charge is 0.496 e. The van der Waals surface area contributed by atoms with E-state index in [1.807, 2.05) is 6.07 Å². The number of aromatic nitrogens is 1. The van der Waals surface area contributed by atoms with Crippen LogP contribution in [0.15, 0.2) is 39.3 Å². The van der Waals surface area contributed by atoms with Gasteiger partial charge in [-0.1, -0.05) is 6.07 Å². The fourth-order valence-electron chi connectivity index (χ4n) is 1.35. The molecule has 0 aliphatic heterocycles. The second kappa shape index (κ2) is 5.58. The first-order valence-electron chi connectivity index (χ1n) is 5.03. The van der Waals surface area contributed by atoms with E-state index in [9.17, 15) is 0 Å². The summed E-state index contributed by atoms with van der Waals surface area (Å²) in [6.07, 6.45) is 0. The van der Waals surface area contributed by atoms with Crippen LogP contribution in [0.5, 0.6) is 17.4 Å². The summed E-state index contributed by atoms with van der Waals surface area (Å²) < 4.78 is 12.4. The molecule has 0 atom stereocenters. The van der Waals surface area contributed by atoms with Gasteiger partial charge in [0.2, 0.25) is 5.88 Å². The molecule has 0 unspecified atom stereocenters. The second-order valence-corrected chi connectivity index (χ2v) is 5.13. The van der Waals surface area contributed by atoms with Gasteiger partial charge in [-0.05, 0) is 50.1 Å². The maximum Gasteiger partial charge on any atom is 0.221 e. The summed E-state index contributed by atoms with van der Waals surface area (Å²) in [4.78, 5) is 4.07. The summed E-state index contributed by atoms with van der Waals surface area (Å²) in [6.45, 7) is 0. The van der Waals surface area contributed by atoms with Crippen molar-refractivity contribution in [3.63, 3.8) is 0 Å². The summed E-state index contributed by atoms with van der Waals surface area (Å²) in [5.74, 6) is 2.19. The maximum atomic E-state index is 5.65. The number of nitrogen functional groups attached to an aromatic ring is 1. The molecule has 0 fully saturated rings. The van der Waals surface area contributed by atoms with Gasteiger partial charge in [0.15, 0.2) is 0 Å². The van der Waals surface area contributed by atoms with Crippen molar-refractivity contribution in [2.45, 2.75) is 0 Å². The molecule has 0 saturated carbocycles. The third kappa shape index (κ3) is 2.94. The van der Waals surface area contributed by atoms with Gasteiger partial charge >= 0.3 is 0 Å². The Morgan fingerprint density at radius 3 is 2.44 bits per heavy atom. The molecule has 18 heavy (non-hydrogen) atoms. The van der Waals surface area contributed by atoms with Gasteiger partial charge in [0, 0.05) is 6.07 Å². The Hall–Kier alpha value is -1.27. The number of nitrogens with zero attached hydrogens (tertiary/aromatic N) is 1. The van der Waals surface area contributed by atoms with E-state index in [1.165, 1.54) is 0 Å². The lowest BCUT2D eigenvalue weighted by atomic mass is 10.3. The Balaban J connectivity index is 2.32. The standard InChI is InChI=1S/C12H10Br2N2O2/c1-17-9-5-8(14)10(6-7(9)13)18-12-4-2-3-11(15)16-12/h2-6H,1H3,(H2,15,16). The van der Waals surface area contributed by atoms with Crippen molar-refractivity contribution in [1.29, 1.82) is 0 Å². The number of methoxy groups -OCH3 is 1. The molecule has 0 bridgehead atoms. The average Bonchev–Trinajstić information content (AvgIpc) is 2.33. The first-order valence-corrected chi connectivity index (χ1v) is 6.62. The lowest BCUT2D eigenvalue weighted by Gasteiger charge is -2.10. The third-order valence-electron chi connectivity index (χ3n) is 2.17. The predicted octanol–water partition coefficient (Wildman–Crippen LogP) is 3.99. The molecule has 0 amide bonds. The molecule has 4 nitrogen and oxygen atoms in total. The van der Waals surface area contributed by atoms with E-state index in [0.29, 0.717) is 17.4 Å². The first kappa shape index (κ1) is 13.2. The number of anilines is 1. The van der Waals surface area contributed by atoms with Crippen LogP contribution in [0.4, 0.5) is 5.82 Å². The number of halogens is 2. The van der Waals surface area contributed by atoms with Gasteiger partial charge in [0.05, 0.1) is 16.1 Å². The topological polar surface area (TPSA) is 57.4 Å². The van der Waals surface area contributed by atoms with Crippen molar-refractivity contribution in [2.24, 2.45) is 0 Å². The SMILES string of the molecule is COc1cc(Br)c(Oc2cccc(N)n2)cc1Br. The molecule has 0 radical (unpaired) electrons. The first-order chi connectivity index (χ1) is 8.60. The minimum atomic E-state index is 0.413. The van der Waals surface area contributed by atoms with Crippen molar-refractivity contribution in [3.8, 4) is 17.4 Å². The van der Waals surface area contributed by atoms with Crippen LogP contribution >= 0.6 is 31.9 Å². The van der Waals surface area contributed by atoms with Gasteiger partial charge < -0.3 is 15.2 Å². The smallest absolute Gasteiger partial charge is 0.221 e. The normalized spacial score (nSPS) is 10.2. The molecule has 2 N–H and O–H groups in total. The number of ether oxygens (including phenoxy) is 2. The van der Waals surface area contributed by atoms with Crippen molar-refractivity contribution < 1.29 is 9.47 Å². The van der Waals surface area contributed by atoms with Crippen LogP contribution in [-0.2, 0) is 0 Å². The zero-order valence-corrected chi connectivity index (χ0v) is 12.7. The molecule has 1 aromatic carbocycles. The lowest BCUT2D eigenvalue weighted by Crippen LogP contribution is -1.94. The molecule has 1 aromatic heterocycles. The number of pyridine rings is 1. The van der Waals surface area contributed by atoms with Gasteiger partial charge in [-0.25, -0.2) is 0 Å². The molecular formula is C12H10Br2N2O2. The van der Waals surface area contributed by atoms with Gasteiger partial charge in [-0.2, -0.15) is 4.98 Å². The van der Waals surface area contributed by atoms with E-state index < -0.39 is 0 Å². The highest BCUT2D eigenvalue weighted by Crippen LogP contribution is 2.37. The van der Waals surface area contributed by atoms with Gasteiger partial charge in [-0.15, -0.1) is 0 Å². The number of hydrogen-bond donors (Lipinski definition) is 1. The number of benzene rings is 1. The van der Waals surface area contributed by atoms with Crippen LogP contribution < -0.4 is 15.2 Å². The van der Waals surface area contributed by atoms with Crippen LogP contribution in [0.25, 0.3) is 0 Å². The number of rotatable bonds is 3. The highest BCUT2D eigenvalue weighted by Gasteiger charge is 2.09. The minimum Gasteiger partial charge on any atom is -0.496 e. The Kier molecular flexibility index (Phi) is 4.08. The minimum absolute atomic E-state index is 0.413. The quantitative estimate of drug-likeness (QED) is 0.883. The molecule has 0 spiro atoms. The Morgan fingerprint density at radius 2 is 1.78 bits per heavy atom. The molecule has 0 aliphatic carbocycles. The summed E-state index contributed by atoms with van der Waals surface area (Å²) in [6, 6.07) is 8.83. The number of hydrogen-bond acceptors (Lipinski definition) is 4. The number of nitrogens with two attached hydrogens (primary N) is 1. The van der Waals surface area contributed by atoms with E-state index in [-0.39, 0.29) is 0 Å². The third-order valence-corrected chi connectivity index (χ3v) is 3.41. The van der Waals surface area contributed by atoms with Crippen LogP contribution in [-0.4, -0.2) is 12.1 Å². The van der Waals surface area contributed by atoms with Crippen molar-refractivity contribution in [3.05, 3.63) is 39.3 Å². The van der Waals surface area contributed by atoms with Gasteiger partial charge in [0.1, 0.15) is 17.3 Å². The Bertz CT molecular complexity index is 576. The summed E-state index contributed by atoms with van der Waals surface area (Å²) in [5, 5.41) is 0. The molecule has 94 valence electrons. The summed E-state index contributed by atoms with van der Waals surface area (Å²) in [5.41, 5.74) is 5.59. The van der Waals surface area contributed by atoms with Crippen LogP contribution in [0.2, 0.25) is 0 Å². The lowest BCUT2D eigenvalue weighted by molar-refractivity contribution is 0.408. The summed E-state index contributed by atoms with van der Waals surface area (Å²) >= 11 is 6.81. The van der Waals surface area contributed by atoms with Gasteiger partial charge in [0.25, 0.3) is 0 Å². The van der Waals surface area contributed by atoms with E-state index >= 15 is 0 Å². The van der Waals surface area contributed by atoms with Gasteiger partial charge in [-0.3, -0.25) is 0 Å². The fraction of sp³-hybridized carbons (Fsp3) is 0.0833. The van der Waals surface area contributed by atoms with Crippen LogP contribution in [0, 0.1) is 0 Å². The maximum absolute atomic E-state index is 5.65. The van der Waals surface area contributed by atoms with Crippen LogP contribution in [0.3, 0.4) is 0 Å². The van der Waals surface area contributed by atoms with E-state index in [4.69, 9.17) is 15.2 Å². The Labute approximate surface area is 121 Å². The van der Waals surface area contributed by atoms with Crippen molar-refractivity contribution in [1.82, 2.24) is 4.98 Å². The molecule has 6 heteroatoms. The molecule has 0 saturated heterocycles. The average molecular weight is 374 g/mol. The van der Waals surface area contributed by atoms with E-state index in [1.54, 1.807) is 31.4 Å². The van der Waals surface area contributed by atoms with Crippen LogP contribution in [0.1, 0.15) is 0 Å². The Morgan fingerprint density at radius 1 is 1.11 bits per heavy atom. The highest BCUT2D eigenvalue weighted by atomic mass is 79.9. The monoisotopic (exact) mass is 372 g/mol. The molecular weight excluding hydrogens is 364 g/mol. The molecule has 1 heterocycles. The zero-order chi connectivity index (χ0) is 13.1.